The largest absolute Gasteiger partial charge is 0.369 e. The van der Waals surface area contributed by atoms with Crippen molar-refractivity contribution >= 4 is 29.0 Å². The Morgan fingerprint density at radius 2 is 1.91 bits per heavy atom. The van der Waals surface area contributed by atoms with Crippen LogP contribution in [0.5, 0.6) is 0 Å². The van der Waals surface area contributed by atoms with Gasteiger partial charge in [0.15, 0.2) is 0 Å². The highest BCUT2D eigenvalue weighted by Gasteiger charge is 2.14. The second-order valence-corrected chi connectivity index (χ2v) is 7.09. The standard InChI is InChI=1S/C17H27N3OS/c1-4-20(14(2)3)16-7-5-15(6-8-16)18-17(21)13-19-9-11-22-12-10-19/h5-8,14H,4,9-13H2,1-3H3,(H,18,21). The topological polar surface area (TPSA) is 35.6 Å². The lowest BCUT2D eigenvalue weighted by molar-refractivity contribution is -0.117. The zero-order valence-electron chi connectivity index (χ0n) is 13.8. The summed E-state index contributed by atoms with van der Waals surface area (Å²) in [5.41, 5.74) is 2.07. The quantitative estimate of drug-likeness (QED) is 0.874. The third-order valence-electron chi connectivity index (χ3n) is 3.92. The smallest absolute Gasteiger partial charge is 0.238 e. The van der Waals surface area contributed by atoms with Crippen molar-refractivity contribution in [2.45, 2.75) is 26.8 Å². The molecule has 0 unspecified atom stereocenters. The molecule has 0 saturated carbocycles. The molecule has 1 aliphatic rings. The summed E-state index contributed by atoms with van der Waals surface area (Å²) in [4.78, 5) is 16.6. The maximum absolute atomic E-state index is 12.1. The van der Waals surface area contributed by atoms with E-state index in [0.717, 1.165) is 36.8 Å². The molecule has 2 rings (SSSR count). The third-order valence-corrected chi connectivity index (χ3v) is 4.86. The van der Waals surface area contributed by atoms with E-state index in [4.69, 9.17) is 0 Å². The van der Waals surface area contributed by atoms with Gasteiger partial charge in [-0.15, -0.1) is 0 Å². The number of amides is 1. The SMILES string of the molecule is CCN(c1ccc(NC(=O)CN2CCSCC2)cc1)C(C)C. The first-order valence-corrected chi connectivity index (χ1v) is 9.22. The summed E-state index contributed by atoms with van der Waals surface area (Å²) in [7, 11) is 0. The Bertz CT molecular complexity index is 469. The molecule has 0 atom stereocenters. The molecule has 1 aliphatic heterocycles. The van der Waals surface area contributed by atoms with Gasteiger partial charge in [0.1, 0.15) is 0 Å². The Morgan fingerprint density at radius 1 is 1.27 bits per heavy atom. The first-order chi connectivity index (χ1) is 10.6. The van der Waals surface area contributed by atoms with Crippen molar-refractivity contribution in [1.82, 2.24) is 4.90 Å². The first kappa shape index (κ1) is 17.2. The van der Waals surface area contributed by atoms with E-state index in [-0.39, 0.29) is 5.91 Å². The Labute approximate surface area is 138 Å². The summed E-state index contributed by atoms with van der Waals surface area (Å²) in [5.74, 6) is 2.34. The van der Waals surface area contributed by atoms with Crippen molar-refractivity contribution in [3.05, 3.63) is 24.3 Å². The summed E-state index contributed by atoms with van der Waals surface area (Å²) < 4.78 is 0. The van der Waals surface area contributed by atoms with E-state index in [1.54, 1.807) is 0 Å². The summed E-state index contributed by atoms with van der Waals surface area (Å²) in [6.45, 7) is 10.0. The van der Waals surface area contributed by atoms with Gasteiger partial charge in [0, 0.05) is 48.6 Å². The molecule has 0 spiro atoms. The highest BCUT2D eigenvalue weighted by Crippen LogP contribution is 2.20. The minimum Gasteiger partial charge on any atom is -0.369 e. The third kappa shape index (κ3) is 4.92. The van der Waals surface area contributed by atoms with Gasteiger partial charge in [0.05, 0.1) is 6.54 Å². The molecule has 0 aliphatic carbocycles. The van der Waals surface area contributed by atoms with Gasteiger partial charge in [-0.1, -0.05) is 0 Å². The van der Waals surface area contributed by atoms with E-state index in [0.29, 0.717) is 12.6 Å². The Morgan fingerprint density at radius 3 is 2.45 bits per heavy atom. The number of thioether (sulfide) groups is 1. The minimum atomic E-state index is 0.0795. The van der Waals surface area contributed by atoms with Gasteiger partial charge in [0.25, 0.3) is 0 Å². The first-order valence-electron chi connectivity index (χ1n) is 8.06. The van der Waals surface area contributed by atoms with Crippen LogP contribution in [0.25, 0.3) is 0 Å². The number of nitrogens with zero attached hydrogens (tertiary/aromatic N) is 2. The van der Waals surface area contributed by atoms with E-state index >= 15 is 0 Å². The highest BCUT2D eigenvalue weighted by atomic mass is 32.2. The van der Waals surface area contributed by atoms with Crippen LogP contribution in [0.15, 0.2) is 24.3 Å². The number of carbonyl (C=O) groups is 1. The van der Waals surface area contributed by atoms with Crippen LogP contribution in [-0.2, 0) is 4.79 Å². The van der Waals surface area contributed by atoms with Gasteiger partial charge >= 0.3 is 0 Å². The molecule has 1 saturated heterocycles. The summed E-state index contributed by atoms with van der Waals surface area (Å²) in [5, 5.41) is 3.00. The molecule has 0 bridgehead atoms. The fraction of sp³-hybridized carbons (Fsp3) is 0.588. The lowest BCUT2D eigenvalue weighted by atomic mass is 10.2. The second kappa shape index (κ2) is 8.44. The minimum absolute atomic E-state index is 0.0795. The highest BCUT2D eigenvalue weighted by molar-refractivity contribution is 7.99. The Hall–Kier alpha value is -1.20. The van der Waals surface area contributed by atoms with E-state index in [2.05, 4.69) is 48.0 Å². The number of nitrogens with one attached hydrogen (secondary N) is 1. The van der Waals surface area contributed by atoms with Crippen LogP contribution in [0, 0.1) is 0 Å². The Balaban J connectivity index is 1.88. The maximum Gasteiger partial charge on any atom is 0.238 e. The molecular formula is C17H27N3OS. The molecule has 122 valence electrons. The van der Waals surface area contributed by atoms with E-state index in [1.807, 2.05) is 23.9 Å². The number of hydrogen-bond donors (Lipinski definition) is 1. The van der Waals surface area contributed by atoms with Crippen LogP contribution < -0.4 is 10.2 Å². The van der Waals surface area contributed by atoms with E-state index in [9.17, 15) is 4.79 Å². The van der Waals surface area contributed by atoms with Crippen LogP contribution in [0.2, 0.25) is 0 Å². The maximum atomic E-state index is 12.1. The fourth-order valence-electron chi connectivity index (χ4n) is 2.74. The van der Waals surface area contributed by atoms with Crippen LogP contribution in [0.1, 0.15) is 20.8 Å². The molecule has 0 radical (unpaired) electrons. The molecule has 4 nitrogen and oxygen atoms in total. The van der Waals surface area contributed by atoms with Gasteiger partial charge in [0.2, 0.25) is 5.91 Å². The summed E-state index contributed by atoms with van der Waals surface area (Å²) >= 11 is 1.96. The summed E-state index contributed by atoms with van der Waals surface area (Å²) in [6.07, 6.45) is 0. The molecule has 1 fully saturated rings. The lowest BCUT2D eigenvalue weighted by Crippen LogP contribution is -2.38. The molecule has 22 heavy (non-hydrogen) atoms. The second-order valence-electron chi connectivity index (χ2n) is 5.86. The Kier molecular flexibility index (Phi) is 6.58. The summed E-state index contributed by atoms with van der Waals surface area (Å²) in [6, 6.07) is 8.62. The molecular weight excluding hydrogens is 294 g/mol. The molecule has 1 aromatic rings. The van der Waals surface area contributed by atoms with Gasteiger partial charge < -0.3 is 10.2 Å². The van der Waals surface area contributed by atoms with E-state index < -0.39 is 0 Å². The van der Waals surface area contributed by atoms with Gasteiger partial charge in [-0.3, -0.25) is 9.69 Å². The normalized spacial score (nSPS) is 15.8. The van der Waals surface area contributed by atoms with Gasteiger partial charge in [-0.2, -0.15) is 11.8 Å². The molecule has 5 heteroatoms. The monoisotopic (exact) mass is 321 g/mol. The number of carbonyl (C=O) groups excluding carboxylic acids is 1. The van der Waals surface area contributed by atoms with Crippen LogP contribution >= 0.6 is 11.8 Å². The van der Waals surface area contributed by atoms with Crippen molar-refractivity contribution in [1.29, 1.82) is 0 Å². The van der Waals surface area contributed by atoms with E-state index in [1.165, 1.54) is 5.69 Å². The molecule has 0 aromatic heterocycles. The fourth-order valence-corrected chi connectivity index (χ4v) is 3.72. The number of hydrogen-bond acceptors (Lipinski definition) is 4. The lowest BCUT2D eigenvalue weighted by Gasteiger charge is -2.27. The zero-order valence-corrected chi connectivity index (χ0v) is 14.7. The predicted molar refractivity (Wildman–Crippen MR) is 97.0 cm³/mol. The van der Waals surface area contributed by atoms with Crippen LogP contribution in [0.4, 0.5) is 11.4 Å². The number of rotatable bonds is 6. The van der Waals surface area contributed by atoms with Crippen molar-refractivity contribution in [3.63, 3.8) is 0 Å². The van der Waals surface area contributed by atoms with Crippen molar-refractivity contribution in [2.24, 2.45) is 0 Å². The molecule has 1 heterocycles. The van der Waals surface area contributed by atoms with Gasteiger partial charge in [-0.05, 0) is 45.0 Å². The van der Waals surface area contributed by atoms with Crippen molar-refractivity contribution < 1.29 is 4.79 Å². The average molecular weight is 321 g/mol. The van der Waals surface area contributed by atoms with Crippen LogP contribution in [-0.4, -0.2) is 54.5 Å². The number of anilines is 2. The van der Waals surface area contributed by atoms with Crippen molar-refractivity contribution in [3.8, 4) is 0 Å². The zero-order chi connectivity index (χ0) is 15.9. The average Bonchev–Trinajstić information content (AvgIpc) is 2.50. The molecule has 1 amide bonds. The molecule has 1 N–H and O–H groups in total. The van der Waals surface area contributed by atoms with Crippen LogP contribution in [0.3, 0.4) is 0 Å². The predicted octanol–water partition coefficient (Wildman–Crippen LogP) is 2.91. The molecule has 1 aromatic carbocycles. The van der Waals surface area contributed by atoms with Crippen molar-refractivity contribution in [2.75, 3.05) is 47.9 Å². The number of benzene rings is 1. The van der Waals surface area contributed by atoms with Gasteiger partial charge in [-0.25, -0.2) is 0 Å².